The third-order valence-electron chi connectivity index (χ3n) is 2.32. The van der Waals surface area contributed by atoms with Crippen molar-refractivity contribution < 1.29 is 4.79 Å². The van der Waals surface area contributed by atoms with Crippen LogP contribution in [0.4, 0.5) is 0 Å². The van der Waals surface area contributed by atoms with Gasteiger partial charge >= 0.3 is 0 Å². The lowest BCUT2D eigenvalue weighted by Crippen LogP contribution is -2.27. The zero-order chi connectivity index (χ0) is 12.5. The smallest absolute Gasteiger partial charge is 0.267 e. The summed E-state index contributed by atoms with van der Waals surface area (Å²) in [6.07, 6.45) is 5.36. The van der Waals surface area contributed by atoms with Gasteiger partial charge in [0.1, 0.15) is 5.69 Å². The summed E-state index contributed by atoms with van der Waals surface area (Å²) in [7, 11) is 0. The van der Waals surface area contributed by atoms with Crippen LogP contribution in [0.15, 0.2) is 23.0 Å². The van der Waals surface area contributed by atoms with Crippen LogP contribution in [0, 0.1) is 0 Å². The molecule has 94 valence electrons. The maximum absolute atomic E-state index is 11.6. The molecule has 0 saturated carbocycles. The van der Waals surface area contributed by atoms with Crippen LogP contribution in [0.5, 0.6) is 0 Å². The zero-order valence-electron chi connectivity index (χ0n) is 9.99. The van der Waals surface area contributed by atoms with Gasteiger partial charge in [0.25, 0.3) is 5.91 Å². The van der Waals surface area contributed by atoms with E-state index in [4.69, 9.17) is 0 Å². The number of hydrogen-bond acceptors (Lipinski definition) is 3. The molecule has 4 nitrogen and oxygen atoms in total. The molecule has 0 aliphatic rings. The summed E-state index contributed by atoms with van der Waals surface area (Å²) in [6.45, 7) is 0.657. The highest BCUT2D eigenvalue weighted by Crippen LogP contribution is 2.01. The van der Waals surface area contributed by atoms with Gasteiger partial charge in [0.15, 0.2) is 0 Å². The summed E-state index contributed by atoms with van der Waals surface area (Å²) in [5.74, 6) is 0.951. The van der Waals surface area contributed by atoms with Gasteiger partial charge in [-0.3, -0.25) is 9.59 Å². The number of nitrogens with one attached hydrogen (secondary N) is 2. The summed E-state index contributed by atoms with van der Waals surface area (Å²) in [5.41, 5.74) is 0.0687. The molecule has 17 heavy (non-hydrogen) atoms. The lowest BCUT2D eigenvalue weighted by molar-refractivity contribution is 0.0948. The quantitative estimate of drug-likeness (QED) is 0.727. The van der Waals surface area contributed by atoms with Crippen molar-refractivity contribution in [2.24, 2.45) is 0 Å². The second kappa shape index (κ2) is 7.95. The minimum absolute atomic E-state index is 0.215. The van der Waals surface area contributed by atoms with E-state index in [9.17, 15) is 9.59 Å². The number of rotatable bonds is 7. The average Bonchev–Trinajstić information content (AvgIpc) is 2.33. The van der Waals surface area contributed by atoms with Gasteiger partial charge in [-0.1, -0.05) is 12.5 Å². The first-order valence-corrected chi connectivity index (χ1v) is 7.10. The molecule has 0 aliphatic carbocycles. The number of pyridine rings is 1. The van der Waals surface area contributed by atoms with Gasteiger partial charge in [-0.15, -0.1) is 0 Å². The van der Waals surface area contributed by atoms with Crippen molar-refractivity contribution in [2.75, 3.05) is 18.6 Å². The van der Waals surface area contributed by atoms with Crippen molar-refractivity contribution in [1.82, 2.24) is 10.3 Å². The molecule has 1 amide bonds. The van der Waals surface area contributed by atoms with Crippen LogP contribution in [-0.2, 0) is 0 Å². The fraction of sp³-hybridized carbons (Fsp3) is 0.500. The highest BCUT2D eigenvalue weighted by molar-refractivity contribution is 7.98. The molecule has 2 N–H and O–H groups in total. The van der Waals surface area contributed by atoms with Gasteiger partial charge in [0.2, 0.25) is 5.56 Å². The number of carbonyl (C=O) groups is 1. The molecule has 0 fully saturated rings. The lowest BCUT2D eigenvalue weighted by atomic mass is 10.2. The van der Waals surface area contributed by atoms with E-state index >= 15 is 0 Å². The zero-order valence-corrected chi connectivity index (χ0v) is 10.8. The number of carbonyl (C=O) groups excluding carboxylic acids is 1. The predicted molar refractivity (Wildman–Crippen MR) is 71.6 cm³/mol. The van der Waals surface area contributed by atoms with Crippen LogP contribution in [0.2, 0.25) is 0 Å². The standard InChI is InChI=1S/C12H18N2O2S/c1-17-9-4-2-3-8-13-12(16)10-6-5-7-11(15)14-10/h5-7H,2-4,8-9H2,1H3,(H,13,16)(H,14,15). The summed E-state index contributed by atoms with van der Waals surface area (Å²) in [4.78, 5) is 25.1. The Hall–Kier alpha value is -1.23. The Bertz CT molecular complexity index is 403. The van der Waals surface area contributed by atoms with Gasteiger partial charge in [-0.2, -0.15) is 11.8 Å². The third-order valence-corrected chi connectivity index (χ3v) is 3.02. The van der Waals surface area contributed by atoms with Crippen molar-refractivity contribution >= 4 is 17.7 Å². The maximum atomic E-state index is 11.6. The third kappa shape index (κ3) is 5.58. The van der Waals surface area contributed by atoms with Crippen LogP contribution in [0.25, 0.3) is 0 Å². The number of amides is 1. The maximum Gasteiger partial charge on any atom is 0.267 e. The Morgan fingerprint density at radius 2 is 2.18 bits per heavy atom. The van der Waals surface area contributed by atoms with Crippen molar-refractivity contribution in [3.05, 3.63) is 34.2 Å². The number of hydrogen-bond donors (Lipinski definition) is 2. The minimum Gasteiger partial charge on any atom is -0.351 e. The van der Waals surface area contributed by atoms with Crippen LogP contribution in [-0.4, -0.2) is 29.4 Å². The highest BCUT2D eigenvalue weighted by atomic mass is 32.2. The Morgan fingerprint density at radius 3 is 2.88 bits per heavy atom. The van der Waals surface area contributed by atoms with Crippen LogP contribution in [0.1, 0.15) is 29.8 Å². The molecule has 1 heterocycles. The van der Waals surface area contributed by atoms with E-state index in [-0.39, 0.29) is 11.5 Å². The first-order chi connectivity index (χ1) is 8.24. The van der Waals surface area contributed by atoms with E-state index < -0.39 is 0 Å². The topological polar surface area (TPSA) is 62.0 Å². The highest BCUT2D eigenvalue weighted by Gasteiger charge is 2.04. The molecule has 5 heteroatoms. The lowest BCUT2D eigenvalue weighted by Gasteiger charge is -2.04. The number of aromatic nitrogens is 1. The molecule has 0 saturated heterocycles. The van der Waals surface area contributed by atoms with Gasteiger partial charge in [-0.25, -0.2) is 0 Å². The van der Waals surface area contributed by atoms with Gasteiger partial charge in [0.05, 0.1) is 0 Å². The van der Waals surface area contributed by atoms with Crippen molar-refractivity contribution in [2.45, 2.75) is 19.3 Å². The van der Waals surface area contributed by atoms with E-state index in [1.54, 1.807) is 12.1 Å². The molecule has 1 aromatic rings. The average molecular weight is 254 g/mol. The number of H-pyrrole nitrogens is 1. The van der Waals surface area contributed by atoms with Crippen LogP contribution in [0.3, 0.4) is 0 Å². The van der Waals surface area contributed by atoms with E-state index in [1.807, 2.05) is 11.8 Å². The summed E-state index contributed by atoms with van der Waals surface area (Å²) in [6, 6.07) is 4.57. The van der Waals surface area contributed by atoms with Gasteiger partial charge in [-0.05, 0) is 30.9 Å². The van der Waals surface area contributed by atoms with Gasteiger partial charge < -0.3 is 10.3 Å². The monoisotopic (exact) mass is 254 g/mol. The van der Waals surface area contributed by atoms with E-state index in [0.717, 1.165) is 12.8 Å². The Balaban J connectivity index is 2.24. The van der Waals surface area contributed by atoms with E-state index in [1.165, 1.54) is 18.2 Å². The normalized spacial score (nSPS) is 10.2. The molecular weight excluding hydrogens is 236 g/mol. The molecule has 0 bridgehead atoms. The van der Waals surface area contributed by atoms with Crippen LogP contribution >= 0.6 is 11.8 Å². The van der Waals surface area contributed by atoms with Crippen molar-refractivity contribution in [1.29, 1.82) is 0 Å². The minimum atomic E-state index is -0.252. The van der Waals surface area contributed by atoms with Crippen LogP contribution < -0.4 is 10.9 Å². The van der Waals surface area contributed by atoms with Crippen molar-refractivity contribution in [3.8, 4) is 0 Å². The Kier molecular flexibility index (Phi) is 6.47. The molecule has 1 rings (SSSR count). The second-order valence-corrected chi connectivity index (χ2v) is 4.72. The Morgan fingerprint density at radius 1 is 1.35 bits per heavy atom. The number of unbranched alkanes of at least 4 members (excludes halogenated alkanes) is 2. The molecule has 0 spiro atoms. The predicted octanol–water partition coefficient (Wildman–Crippen LogP) is 1.64. The summed E-state index contributed by atoms with van der Waals surface area (Å²) >= 11 is 1.84. The number of aromatic amines is 1. The molecule has 0 atom stereocenters. The largest absolute Gasteiger partial charge is 0.351 e. The molecule has 1 aromatic heterocycles. The molecule has 0 aromatic carbocycles. The molecule has 0 aliphatic heterocycles. The first kappa shape index (κ1) is 13.8. The fourth-order valence-electron chi connectivity index (χ4n) is 1.43. The van der Waals surface area contributed by atoms with Gasteiger partial charge in [0, 0.05) is 12.6 Å². The number of thioether (sulfide) groups is 1. The Labute approximate surface area is 105 Å². The summed E-state index contributed by atoms with van der Waals surface area (Å²) in [5, 5.41) is 2.79. The fourth-order valence-corrected chi connectivity index (χ4v) is 1.92. The molecular formula is C12H18N2O2S. The summed E-state index contributed by atoms with van der Waals surface area (Å²) < 4.78 is 0. The molecule has 0 radical (unpaired) electrons. The first-order valence-electron chi connectivity index (χ1n) is 5.70. The second-order valence-electron chi connectivity index (χ2n) is 3.74. The SMILES string of the molecule is CSCCCCCNC(=O)c1cccc(=O)[nH]1. The molecule has 0 unspecified atom stereocenters. The van der Waals surface area contributed by atoms with E-state index in [0.29, 0.717) is 12.2 Å². The van der Waals surface area contributed by atoms with E-state index in [2.05, 4.69) is 16.6 Å². The van der Waals surface area contributed by atoms with Crippen molar-refractivity contribution in [3.63, 3.8) is 0 Å².